The quantitative estimate of drug-likeness (QED) is 0.431. The standard InChI is InChI=1S/C26H26FNO3S/c1-3-30-25-13-18-12-24-23-8-7-21(29-2)11-17(23)9-10-28(24)16-19(18)14-26(25)31-32-22-6-4-5-20(27)15-22/h4-8,11,13-15,24H,3,9-10,12,16H2,1-2H3. The second kappa shape index (κ2) is 9.04. The first-order chi connectivity index (χ1) is 15.6. The molecule has 0 radical (unpaired) electrons. The fraction of sp³-hybridized carbons (Fsp3) is 0.308. The van der Waals surface area contributed by atoms with Crippen LogP contribution in [0.3, 0.4) is 0 Å². The predicted octanol–water partition coefficient (Wildman–Crippen LogP) is 5.97. The Balaban J connectivity index is 1.42. The summed E-state index contributed by atoms with van der Waals surface area (Å²) in [6, 6.07) is 17.4. The predicted molar refractivity (Wildman–Crippen MR) is 124 cm³/mol. The summed E-state index contributed by atoms with van der Waals surface area (Å²) in [6.07, 6.45) is 1.96. The molecule has 0 aliphatic carbocycles. The number of rotatable bonds is 6. The minimum Gasteiger partial charge on any atom is -0.497 e. The molecule has 1 unspecified atom stereocenters. The number of hydrogen-bond donors (Lipinski definition) is 0. The molecule has 0 spiro atoms. The van der Waals surface area contributed by atoms with E-state index in [1.807, 2.05) is 13.0 Å². The van der Waals surface area contributed by atoms with Crippen LogP contribution in [0.5, 0.6) is 17.2 Å². The molecule has 2 aliphatic heterocycles. The van der Waals surface area contributed by atoms with E-state index in [1.165, 1.54) is 34.4 Å². The van der Waals surface area contributed by atoms with Gasteiger partial charge in [0.1, 0.15) is 11.6 Å². The van der Waals surface area contributed by atoms with Crippen LogP contribution in [-0.4, -0.2) is 25.2 Å². The maximum absolute atomic E-state index is 13.5. The molecule has 2 aliphatic rings. The SMILES string of the molecule is CCOc1cc2c(cc1OSc1cccc(F)c1)CN1CCc3cc(OC)ccc3C1C2. The van der Waals surface area contributed by atoms with E-state index < -0.39 is 0 Å². The van der Waals surface area contributed by atoms with Gasteiger partial charge in [0, 0.05) is 19.1 Å². The smallest absolute Gasteiger partial charge is 0.180 e. The lowest BCUT2D eigenvalue weighted by Gasteiger charge is -2.41. The number of fused-ring (bicyclic) bond motifs is 4. The third-order valence-corrected chi connectivity index (χ3v) is 6.90. The van der Waals surface area contributed by atoms with Gasteiger partial charge in [-0.2, -0.15) is 0 Å². The van der Waals surface area contributed by atoms with E-state index in [0.29, 0.717) is 23.3 Å². The molecule has 32 heavy (non-hydrogen) atoms. The summed E-state index contributed by atoms with van der Waals surface area (Å²) in [5.41, 5.74) is 5.33. The van der Waals surface area contributed by atoms with Gasteiger partial charge in [-0.3, -0.25) is 4.90 Å². The van der Waals surface area contributed by atoms with Gasteiger partial charge < -0.3 is 13.7 Å². The molecule has 0 fully saturated rings. The van der Waals surface area contributed by atoms with Crippen LogP contribution in [0, 0.1) is 5.82 Å². The number of nitrogens with zero attached hydrogens (tertiary/aromatic N) is 1. The summed E-state index contributed by atoms with van der Waals surface area (Å²) >= 11 is 1.15. The lowest BCUT2D eigenvalue weighted by Crippen LogP contribution is -2.39. The van der Waals surface area contributed by atoms with Crippen molar-refractivity contribution < 1.29 is 18.0 Å². The summed E-state index contributed by atoms with van der Waals surface area (Å²) in [7, 11) is 1.72. The molecule has 3 aromatic rings. The molecular weight excluding hydrogens is 425 g/mol. The summed E-state index contributed by atoms with van der Waals surface area (Å²) in [6.45, 7) is 4.41. The van der Waals surface area contributed by atoms with Gasteiger partial charge in [0.25, 0.3) is 0 Å². The lowest BCUT2D eigenvalue weighted by molar-refractivity contribution is 0.160. The van der Waals surface area contributed by atoms with Crippen molar-refractivity contribution in [3.05, 3.63) is 82.7 Å². The highest BCUT2D eigenvalue weighted by Crippen LogP contribution is 2.43. The highest BCUT2D eigenvalue weighted by atomic mass is 32.2. The Hall–Kier alpha value is -2.70. The van der Waals surface area contributed by atoms with Crippen molar-refractivity contribution in [3.8, 4) is 17.2 Å². The second-order valence-corrected chi connectivity index (χ2v) is 8.93. The molecule has 4 nitrogen and oxygen atoms in total. The van der Waals surface area contributed by atoms with Gasteiger partial charge in [0.05, 0.1) is 30.7 Å². The van der Waals surface area contributed by atoms with Gasteiger partial charge in [-0.15, -0.1) is 0 Å². The van der Waals surface area contributed by atoms with Crippen LogP contribution in [-0.2, 0) is 19.4 Å². The number of hydrogen-bond acceptors (Lipinski definition) is 5. The minimum atomic E-state index is -0.275. The van der Waals surface area contributed by atoms with Gasteiger partial charge in [0.2, 0.25) is 0 Å². The number of benzene rings is 3. The van der Waals surface area contributed by atoms with E-state index in [1.54, 1.807) is 13.2 Å². The Labute approximate surface area is 192 Å². The first-order valence-electron chi connectivity index (χ1n) is 10.9. The third-order valence-electron chi connectivity index (χ3n) is 6.19. The molecule has 0 saturated carbocycles. The minimum absolute atomic E-state index is 0.275. The average molecular weight is 452 g/mol. The average Bonchev–Trinajstić information content (AvgIpc) is 2.81. The fourth-order valence-electron chi connectivity index (χ4n) is 4.65. The first kappa shape index (κ1) is 21.2. The summed E-state index contributed by atoms with van der Waals surface area (Å²) in [5, 5.41) is 0. The van der Waals surface area contributed by atoms with Gasteiger partial charge in [-0.1, -0.05) is 12.1 Å². The molecular formula is C26H26FNO3S. The van der Waals surface area contributed by atoms with E-state index >= 15 is 0 Å². The van der Waals surface area contributed by atoms with E-state index in [0.717, 1.165) is 49.5 Å². The fourth-order valence-corrected chi connectivity index (χ4v) is 5.26. The van der Waals surface area contributed by atoms with Crippen molar-refractivity contribution in [3.63, 3.8) is 0 Å². The van der Waals surface area contributed by atoms with E-state index in [4.69, 9.17) is 13.7 Å². The zero-order chi connectivity index (χ0) is 22.1. The maximum Gasteiger partial charge on any atom is 0.180 e. The number of halogens is 1. The lowest BCUT2D eigenvalue weighted by atomic mass is 9.84. The maximum atomic E-state index is 13.5. The van der Waals surface area contributed by atoms with Crippen LogP contribution in [0.4, 0.5) is 4.39 Å². The Bertz CT molecular complexity index is 1140. The summed E-state index contributed by atoms with van der Waals surface area (Å²) in [5.74, 6) is 2.06. The number of methoxy groups -OCH3 is 1. The molecule has 0 saturated heterocycles. The molecule has 5 rings (SSSR count). The Morgan fingerprint density at radius 3 is 2.72 bits per heavy atom. The monoisotopic (exact) mass is 451 g/mol. The topological polar surface area (TPSA) is 30.9 Å². The van der Waals surface area contributed by atoms with Crippen LogP contribution >= 0.6 is 12.0 Å². The van der Waals surface area contributed by atoms with Crippen LogP contribution < -0.4 is 13.7 Å². The Morgan fingerprint density at radius 2 is 1.91 bits per heavy atom. The molecule has 0 bridgehead atoms. The van der Waals surface area contributed by atoms with Gasteiger partial charge >= 0.3 is 0 Å². The summed E-state index contributed by atoms with van der Waals surface area (Å²) < 4.78 is 30.9. The van der Waals surface area contributed by atoms with Crippen molar-refractivity contribution in [2.24, 2.45) is 0 Å². The second-order valence-electron chi connectivity index (χ2n) is 8.13. The first-order valence-corrected chi connectivity index (χ1v) is 11.7. The van der Waals surface area contributed by atoms with Gasteiger partial charge in [-0.25, -0.2) is 4.39 Å². The zero-order valence-corrected chi connectivity index (χ0v) is 19.1. The molecule has 0 amide bonds. The highest BCUT2D eigenvalue weighted by Gasteiger charge is 2.33. The van der Waals surface area contributed by atoms with Crippen molar-refractivity contribution in [2.45, 2.75) is 37.2 Å². The van der Waals surface area contributed by atoms with Crippen LogP contribution in [0.1, 0.15) is 35.2 Å². The number of ether oxygens (including phenoxy) is 2. The molecule has 1 atom stereocenters. The van der Waals surface area contributed by atoms with E-state index in [9.17, 15) is 4.39 Å². The van der Waals surface area contributed by atoms with Crippen molar-refractivity contribution in [1.29, 1.82) is 0 Å². The van der Waals surface area contributed by atoms with Crippen LogP contribution in [0.15, 0.2) is 59.5 Å². The Kier molecular flexibility index (Phi) is 5.98. The largest absolute Gasteiger partial charge is 0.497 e. The van der Waals surface area contributed by atoms with E-state index in [2.05, 4.69) is 35.2 Å². The highest BCUT2D eigenvalue weighted by molar-refractivity contribution is 7.95. The molecule has 166 valence electrons. The zero-order valence-electron chi connectivity index (χ0n) is 18.3. The van der Waals surface area contributed by atoms with Gasteiger partial charge in [-0.05, 0) is 84.5 Å². The molecule has 0 aromatic heterocycles. The Morgan fingerprint density at radius 1 is 1.03 bits per heavy atom. The molecule has 3 aromatic carbocycles. The van der Waals surface area contributed by atoms with Crippen molar-refractivity contribution in [2.75, 3.05) is 20.3 Å². The van der Waals surface area contributed by atoms with Gasteiger partial charge in [0.15, 0.2) is 11.5 Å². The normalized spacial score (nSPS) is 17.2. The van der Waals surface area contributed by atoms with E-state index in [-0.39, 0.29) is 5.82 Å². The molecule has 2 heterocycles. The molecule has 6 heteroatoms. The molecule has 0 N–H and O–H groups in total. The third kappa shape index (κ3) is 4.17. The van der Waals surface area contributed by atoms with Crippen molar-refractivity contribution in [1.82, 2.24) is 4.90 Å². The van der Waals surface area contributed by atoms with Crippen LogP contribution in [0.25, 0.3) is 0 Å². The van der Waals surface area contributed by atoms with Crippen LogP contribution in [0.2, 0.25) is 0 Å². The summed E-state index contributed by atoms with van der Waals surface area (Å²) in [4.78, 5) is 3.26. The van der Waals surface area contributed by atoms with Crippen molar-refractivity contribution >= 4 is 12.0 Å².